The molecule has 0 fully saturated rings. The van der Waals surface area contributed by atoms with Gasteiger partial charge in [-0.3, -0.25) is 4.79 Å². The van der Waals surface area contributed by atoms with Crippen LogP contribution in [-0.2, 0) is 11.3 Å². The van der Waals surface area contributed by atoms with E-state index in [4.69, 9.17) is 23.2 Å². The minimum Gasteiger partial charge on any atom is -0.324 e. The van der Waals surface area contributed by atoms with E-state index in [2.05, 4.69) is 31.4 Å². The molecule has 27 heavy (non-hydrogen) atoms. The normalized spacial score (nSPS) is 10.8. The van der Waals surface area contributed by atoms with Crippen molar-refractivity contribution in [2.45, 2.75) is 18.6 Å². The summed E-state index contributed by atoms with van der Waals surface area (Å²) in [5.41, 5.74) is 1.50. The Balaban J connectivity index is 1.69. The van der Waals surface area contributed by atoms with Crippen LogP contribution in [0.15, 0.2) is 52.1 Å². The molecule has 1 N–H and O–H groups in total. The van der Waals surface area contributed by atoms with E-state index in [1.165, 1.54) is 11.8 Å². The van der Waals surface area contributed by atoms with Crippen molar-refractivity contribution in [1.82, 2.24) is 14.8 Å². The van der Waals surface area contributed by atoms with Crippen molar-refractivity contribution in [1.29, 1.82) is 0 Å². The molecule has 1 heterocycles. The van der Waals surface area contributed by atoms with Crippen molar-refractivity contribution >= 4 is 62.5 Å². The molecule has 0 aliphatic carbocycles. The van der Waals surface area contributed by atoms with Crippen molar-refractivity contribution < 1.29 is 4.79 Å². The summed E-state index contributed by atoms with van der Waals surface area (Å²) in [6.07, 6.45) is 0. The molecule has 0 aliphatic rings. The van der Waals surface area contributed by atoms with E-state index in [-0.39, 0.29) is 11.7 Å². The van der Waals surface area contributed by atoms with Gasteiger partial charge < -0.3 is 9.88 Å². The number of nitrogens with one attached hydrogen (secondary N) is 1. The summed E-state index contributed by atoms with van der Waals surface area (Å²) < 4.78 is 2.82. The topological polar surface area (TPSA) is 59.8 Å². The van der Waals surface area contributed by atoms with Crippen LogP contribution in [0, 0.1) is 0 Å². The number of amides is 1. The Morgan fingerprint density at radius 3 is 2.59 bits per heavy atom. The minimum atomic E-state index is -0.164. The molecule has 3 aromatic rings. The largest absolute Gasteiger partial charge is 0.324 e. The molecular weight excluding hydrogens is 471 g/mol. The Kier molecular flexibility index (Phi) is 6.81. The standard InChI is InChI=1S/C18H15BrCl2N4OS/c1-2-25-17(11-3-6-13(20)7-4-11)23-24-18(25)27-10-16(26)22-15-8-5-12(19)9-14(15)21/h3-9H,2,10H2,1H3,(H,22,26). The Hall–Kier alpha value is -1.54. The van der Waals surface area contributed by atoms with Gasteiger partial charge in [0.15, 0.2) is 11.0 Å². The lowest BCUT2D eigenvalue weighted by Crippen LogP contribution is -2.15. The number of hydrogen-bond donors (Lipinski definition) is 1. The van der Waals surface area contributed by atoms with Crippen molar-refractivity contribution in [3.63, 3.8) is 0 Å². The second kappa shape index (κ2) is 9.10. The van der Waals surface area contributed by atoms with Gasteiger partial charge >= 0.3 is 0 Å². The number of carbonyl (C=O) groups is 1. The number of thioether (sulfide) groups is 1. The summed E-state index contributed by atoms with van der Waals surface area (Å²) in [7, 11) is 0. The molecule has 0 unspecified atom stereocenters. The van der Waals surface area contributed by atoms with Crippen LogP contribution < -0.4 is 5.32 Å². The SMILES string of the molecule is CCn1c(SCC(=O)Nc2ccc(Br)cc2Cl)nnc1-c1ccc(Cl)cc1. The van der Waals surface area contributed by atoms with Crippen molar-refractivity contribution in [2.75, 3.05) is 11.1 Å². The van der Waals surface area contributed by atoms with Gasteiger partial charge in [0, 0.05) is 21.6 Å². The smallest absolute Gasteiger partial charge is 0.234 e. The highest BCUT2D eigenvalue weighted by atomic mass is 79.9. The molecule has 0 bridgehead atoms. The van der Waals surface area contributed by atoms with E-state index >= 15 is 0 Å². The molecule has 2 aromatic carbocycles. The minimum absolute atomic E-state index is 0.164. The number of anilines is 1. The summed E-state index contributed by atoms with van der Waals surface area (Å²) in [4.78, 5) is 12.3. The fourth-order valence-electron chi connectivity index (χ4n) is 2.40. The van der Waals surface area contributed by atoms with E-state index in [0.29, 0.717) is 27.4 Å². The maximum Gasteiger partial charge on any atom is 0.234 e. The maximum absolute atomic E-state index is 12.3. The molecule has 0 spiro atoms. The highest BCUT2D eigenvalue weighted by molar-refractivity contribution is 9.10. The zero-order valence-corrected chi connectivity index (χ0v) is 18.2. The summed E-state index contributed by atoms with van der Waals surface area (Å²) in [6.45, 7) is 2.70. The van der Waals surface area contributed by atoms with Crippen molar-refractivity contribution in [3.8, 4) is 11.4 Å². The molecule has 0 radical (unpaired) electrons. The van der Waals surface area contributed by atoms with E-state index in [0.717, 1.165) is 15.9 Å². The number of hydrogen-bond acceptors (Lipinski definition) is 4. The average molecular weight is 486 g/mol. The van der Waals surface area contributed by atoms with Crippen LogP contribution in [0.1, 0.15) is 6.92 Å². The quantitative estimate of drug-likeness (QED) is 0.450. The fraction of sp³-hybridized carbons (Fsp3) is 0.167. The number of rotatable bonds is 6. The Morgan fingerprint density at radius 1 is 1.19 bits per heavy atom. The molecule has 140 valence electrons. The Morgan fingerprint density at radius 2 is 1.93 bits per heavy atom. The van der Waals surface area contributed by atoms with Crippen molar-refractivity contribution in [2.24, 2.45) is 0 Å². The third-order valence-corrected chi connectivity index (χ3v) is 5.70. The van der Waals surface area contributed by atoms with Crippen LogP contribution in [0.4, 0.5) is 5.69 Å². The van der Waals surface area contributed by atoms with Crippen LogP contribution >= 0.6 is 50.9 Å². The van der Waals surface area contributed by atoms with Gasteiger partial charge in [-0.05, 0) is 49.4 Å². The van der Waals surface area contributed by atoms with Gasteiger partial charge in [0.1, 0.15) is 0 Å². The third-order valence-electron chi connectivity index (χ3n) is 3.67. The summed E-state index contributed by atoms with van der Waals surface area (Å²) in [5.74, 6) is 0.779. The molecule has 5 nitrogen and oxygen atoms in total. The fourth-order valence-corrected chi connectivity index (χ4v) is 4.05. The second-order valence-electron chi connectivity index (χ2n) is 5.52. The van der Waals surface area contributed by atoms with Crippen LogP contribution in [0.3, 0.4) is 0 Å². The lowest BCUT2D eigenvalue weighted by atomic mass is 10.2. The first-order chi connectivity index (χ1) is 13.0. The Labute approximate surface area is 179 Å². The number of carbonyl (C=O) groups excluding carboxylic acids is 1. The first-order valence-corrected chi connectivity index (χ1v) is 10.6. The number of nitrogens with zero attached hydrogens (tertiary/aromatic N) is 3. The van der Waals surface area contributed by atoms with Gasteiger partial charge in [0.2, 0.25) is 5.91 Å². The third kappa shape index (κ3) is 5.04. The summed E-state index contributed by atoms with van der Waals surface area (Å²) >= 11 is 16.7. The molecule has 3 rings (SSSR count). The van der Waals surface area contributed by atoms with Gasteiger partial charge in [0.25, 0.3) is 0 Å². The summed E-state index contributed by atoms with van der Waals surface area (Å²) in [6, 6.07) is 12.7. The molecule has 0 saturated heterocycles. The number of aromatic nitrogens is 3. The highest BCUT2D eigenvalue weighted by Gasteiger charge is 2.15. The number of halogens is 3. The van der Waals surface area contributed by atoms with Gasteiger partial charge in [-0.15, -0.1) is 10.2 Å². The molecule has 9 heteroatoms. The van der Waals surface area contributed by atoms with E-state index < -0.39 is 0 Å². The first kappa shape index (κ1) is 20.2. The van der Waals surface area contributed by atoms with Gasteiger partial charge in [-0.25, -0.2) is 0 Å². The van der Waals surface area contributed by atoms with Crippen LogP contribution in [0.25, 0.3) is 11.4 Å². The van der Waals surface area contributed by atoms with Gasteiger partial charge in [0.05, 0.1) is 16.5 Å². The molecule has 1 aromatic heterocycles. The molecule has 0 atom stereocenters. The lowest BCUT2D eigenvalue weighted by Gasteiger charge is -2.09. The monoisotopic (exact) mass is 484 g/mol. The van der Waals surface area contributed by atoms with Crippen LogP contribution in [0.2, 0.25) is 10.0 Å². The van der Waals surface area contributed by atoms with E-state index in [1.54, 1.807) is 12.1 Å². The number of benzene rings is 2. The van der Waals surface area contributed by atoms with Gasteiger partial charge in [-0.1, -0.05) is 50.9 Å². The first-order valence-electron chi connectivity index (χ1n) is 8.04. The molecule has 0 saturated carbocycles. The highest BCUT2D eigenvalue weighted by Crippen LogP contribution is 2.27. The van der Waals surface area contributed by atoms with Crippen LogP contribution in [0.5, 0.6) is 0 Å². The molecular formula is C18H15BrCl2N4OS. The molecule has 1 amide bonds. The predicted octanol–water partition coefficient (Wildman–Crippen LogP) is 5.77. The van der Waals surface area contributed by atoms with Crippen molar-refractivity contribution in [3.05, 3.63) is 57.0 Å². The van der Waals surface area contributed by atoms with Crippen LogP contribution in [-0.4, -0.2) is 26.4 Å². The Bertz CT molecular complexity index is 962. The second-order valence-corrected chi connectivity index (χ2v) is 8.22. The zero-order valence-electron chi connectivity index (χ0n) is 14.2. The average Bonchev–Trinajstić information content (AvgIpc) is 3.06. The van der Waals surface area contributed by atoms with E-state index in [9.17, 15) is 4.79 Å². The van der Waals surface area contributed by atoms with Gasteiger partial charge in [-0.2, -0.15) is 0 Å². The zero-order chi connectivity index (χ0) is 19.4. The molecule has 0 aliphatic heterocycles. The van der Waals surface area contributed by atoms with E-state index in [1.807, 2.05) is 41.8 Å². The maximum atomic E-state index is 12.3. The summed E-state index contributed by atoms with van der Waals surface area (Å²) in [5, 5.41) is 13.1. The lowest BCUT2D eigenvalue weighted by molar-refractivity contribution is -0.113. The predicted molar refractivity (Wildman–Crippen MR) is 115 cm³/mol.